The van der Waals surface area contributed by atoms with Gasteiger partial charge >= 0.3 is 0 Å². The monoisotopic (exact) mass is 380 g/mol. The number of ether oxygens (including phenoxy) is 2. The molecule has 130 valence electrons. The summed E-state index contributed by atoms with van der Waals surface area (Å²) in [5.41, 5.74) is 1.91. The van der Waals surface area contributed by atoms with Gasteiger partial charge in [0.05, 0.1) is 25.3 Å². The number of fused-ring (bicyclic) bond motifs is 2. The van der Waals surface area contributed by atoms with Crippen LogP contribution in [0.15, 0.2) is 70.7 Å². The van der Waals surface area contributed by atoms with Gasteiger partial charge in [0.1, 0.15) is 21.6 Å². The third-order valence-electron chi connectivity index (χ3n) is 3.95. The Labute approximate surface area is 159 Å². The highest BCUT2D eigenvalue weighted by molar-refractivity contribution is 8.76. The molecule has 0 saturated heterocycles. The Bertz CT molecular complexity index is 998. The fraction of sp³-hybridized carbons (Fsp3) is 0.100. The molecule has 26 heavy (non-hydrogen) atoms. The van der Waals surface area contributed by atoms with Crippen molar-refractivity contribution in [1.29, 1.82) is 0 Å². The summed E-state index contributed by atoms with van der Waals surface area (Å²) in [5, 5.41) is 4.03. The molecule has 0 amide bonds. The minimum Gasteiger partial charge on any atom is -0.497 e. The van der Waals surface area contributed by atoms with Crippen molar-refractivity contribution in [3.63, 3.8) is 0 Å². The zero-order valence-corrected chi connectivity index (χ0v) is 15.9. The van der Waals surface area contributed by atoms with E-state index in [2.05, 4.69) is 12.1 Å². The lowest BCUT2D eigenvalue weighted by atomic mass is 10.2. The second-order valence-electron chi connectivity index (χ2n) is 5.58. The number of pyridine rings is 2. The number of hydrogen-bond donors (Lipinski definition) is 0. The van der Waals surface area contributed by atoms with E-state index in [1.807, 2.05) is 48.5 Å². The molecule has 0 saturated carbocycles. The first-order chi connectivity index (χ1) is 12.7. The third kappa shape index (κ3) is 3.57. The zero-order chi connectivity index (χ0) is 17.9. The number of methoxy groups -OCH3 is 2. The quantitative estimate of drug-likeness (QED) is 0.420. The number of hydrogen-bond acceptors (Lipinski definition) is 6. The maximum absolute atomic E-state index is 5.25. The Kier molecular flexibility index (Phi) is 4.86. The molecule has 0 aliphatic rings. The largest absolute Gasteiger partial charge is 0.497 e. The molecule has 0 N–H and O–H groups in total. The van der Waals surface area contributed by atoms with Crippen LogP contribution in [0.5, 0.6) is 11.5 Å². The van der Waals surface area contributed by atoms with Crippen molar-refractivity contribution in [2.24, 2.45) is 0 Å². The predicted octanol–water partition coefficient (Wildman–Crippen LogP) is 5.60. The van der Waals surface area contributed by atoms with Gasteiger partial charge in [-0.3, -0.25) is 0 Å². The smallest absolute Gasteiger partial charge is 0.119 e. The van der Waals surface area contributed by atoms with Gasteiger partial charge in [0.25, 0.3) is 0 Å². The van der Waals surface area contributed by atoms with Gasteiger partial charge in [-0.1, -0.05) is 0 Å². The molecule has 2 heterocycles. The second kappa shape index (κ2) is 7.43. The minimum absolute atomic E-state index is 0.839. The number of aromatic nitrogens is 2. The van der Waals surface area contributed by atoms with Gasteiger partial charge in [-0.05, 0) is 82.3 Å². The first-order valence-corrected chi connectivity index (χ1v) is 10.1. The van der Waals surface area contributed by atoms with Gasteiger partial charge in [0.2, 0.25) is 0 Å². The molecule has 4 aromatic rings. The van der Waals surface area contributed by atoms with Crippen molar-refractivity contribution in [3.05, 3.63) is 60.7 Å². The third-order valence-corrected chi connectivity index (χ3v) is 6.11. The SMILES string of the molecule is COc1ccc2nc(SSc3ccc4cc(OC)ccc4n3)ccc2c1. The molecule has 0 unspecified atom stereocenters. The minimum atomic E-state index is 0.839. The van der Waals surface area contributed by atoms with Gasteiger partial charge in [-0.25, -0.2) is 9.97 Å². The summed E-state index contributed by atoms with van der Waals surface area (Å²) in [6.07, 6.45) is 0. The van der Waals surface area contributed by atoms with Crippen LogP contribution in [0.3, 0.4) is 0 Å². The van der Waals surface area contributed by atoms with Crippen LogP contribution >= 0.6 is 21.6 Å². The van der Waals surface area contributed by atoms with Crippen molar-refractivity contribution in [1.82, 2.24) is 9.97 Å². The van der Waals surface area contributed by atoms with Crippen molar-refractivity contribution in [2.45, 2.75) is 10.1 Å². The van der Waals surface area contributed by atoms with E-state index in [1.54, 1.807) is 35.8 Å². The lowest BCUT2D eigenvalue weighted by Crippen LogP contribution is -1.86. The average molecular weight is 380 g/mol. The van der Waals surface area contributed by atoms with Crippen LogP contribution in [-0.2, 0) is 0 Å². The molecule has 0 aliphatic carbocycles. The summed E-state index contributed by atoms with van der Waals surface area (Å²) in [6, 6.07) is 20.0. The second-order valence-corrected chi connectivity index (χ2v) is 7.75. The molecule has 0 fully saturated rings. The summed E-state index contributed by atoms with van der Waals surface area (Å²) in [7, 11) is 6.54. The lowest BCUT2D eigenvalue weighted by Gasteiger charge is -2.06. The molecule has 6 heteroatoms. The topological polar surface area (TPSA) is 44.2 Å². The number of rotatable bonds is 5. The van der Waals surface area contributed by atoms with Crippen LogP contribution in [0, 0.1) is 0 Å². The normalized spacial score (nSPS) is 11.0. The first-order valence-electron chi connectivity index (χ1n) is 7.99. The lowest BCUT2D eigenvalue weighted by molar-refractivity contribution is 0.415. The molecule has 2 aromatic carbocycles. The Balaban J connectivity index is 1.52. The highest BCUT2D eigenvalue weighted by Crippen LogP contribution is 2.37. The number of nitrogens with zero attached hydrogens (tertiary/aromatic N) is 2. The van der Waals surface area contributed by atoms with Crippen molar-refractivity contribution >= 4 is 43.4 Å². The highest BCUT2D eigenvalue weighted by atomic mass is 33.1. The number of benzene rings is 2. The van der Waals surface area contributed by atoms with Gasteiger partial charge in [-0.15, -0.1) is 0 Å². The van der Waals surface area contributed by atoms with E-state index in [-0.39, 0.29) is 0 Å². The van der Waals surface area contributed by atoms with Gasteiger partial charge in [0.15, 0.2) is 0 Å². The van der Waals surface area contributed by atoms with E-state index >= 15 is 0 Å². The van der Waals surface area contributed by atoms with Crippen LogP contribution in [0.1, 0.15) is 0 Å². The van der Waals surface area contributed by atoms with E-state index in [9.17, 15) is 0 Å². The van der Waals surface area contributed by atoms with E-state index in [0.717, 1.165) is 43.4 Å². The predicted molar refractivity (Wildman–Crippen MR) is 108 cm³/mol. The van der Waals surface area contributed by atoms with Crippen molar-refractivity contribution in [2.75, 3.05) is 14.2 Å². The van der Waals surface area contributed by atoms with Crippen LogP contribution in [0.25, 0.3) is 21.8 Å². The Morgan fingerprint density at radius 3 is 1.50 bits per heavy atom. The van der Waals surface area contributed by atoms with E-state index in [0.29, 0.717) is 0 Å². The highest BCUT2D eigenvalue weighted by Gasteiger charge is 2.05. The standard InChI is InChI=1S/C20H16N2O2S2/c1-23-15-5-7-17-13(11-15)3-9-19(21-17)25-26-20-10-4-14-12-16(24-2)6-8-18(14)22-20/h3-12H,1-2H3. The maximum Gasteiger partial charge on any atom is 0.119 e. The molecule has 4 rings (SSSR count). The molecular weight excluding hydrogens is 364 g/mol. The molecule has 0 spiro atoms. The first kappa shape index (κ1) is 17.0. The van der Waals surface area contributed by atoms with Crippen LogP contribution in [0.4, 0.5) is 0 Å². The van der Waals surface area contributed by atoms with Gasteiger partial charge < -0.3 is 9.47 Å². The molecule has 0 bridgehead atoms. The summed E-state index contributed by atoms with van der Waals surface area (Å²) in [6.45, 7) is 0. The van der Waals surface area contributed by atoms with Crippen LogP contribution in [-0.4, -0.2) is 24.2 Å². The zero-order valence-electron chi connectivity index (χ0n) is 14.3. The van der Waals surface area contributed by atoms with E-state index in [4.69, 9.17) is 19.4 Å². The summed E-state index contributed by atoms with van der Waals surface area (Å²) in [5.74, 6) is 1.68. The molecule has 0 aliphatic heterocycles. The van der Waals surface area contributed by atoms with Gasteiger partial charge in [0, 0.05) is 10.8 Å². The summed E-state index contributed by atoms with van der Waals surface area (Å²) in [4.78, 5) is 9.39. The van der Waals surface area contributed by atoms with Crippen LogP contribution in [0.2, 0.25) is 0 Å². The van der Waals surface area contributed by atoms with E-state index in [1.165, 1.54) is 0 Å². The Morgan fingerprint density at radius 2 is 1.08 bits per heavy atom. The molecule has 4 nitrogen and oxygen atoms in total. The average Bonchev–Trinajstić information content (AvgIpc) is 2.71. The Hall–Kier alpha value is -2.44. The Morgan fingerprint density at radius 1 is 0.615 bits per heavy atom. The molecular formula is C20H16N2O2S2. The fourth-order valence-electron chi connectivity index (χ4n) is 2.60. The maximum atomic E-state index is 5.25. The fourth-order valence-corrected chi connectivity index (χ4v) is 4.36. The molecule has 2 aromatic heterocycles. The van der Waals surface area contributed by atoms with Crippen molar-refractivity contribution in [3.8, 4) is 11.5 Å². The summed E-state index contributed by atoms with van der Waals surface area (Å²) >= 11 is 0. The molecule has 0 atom stereocenters. The van der Waals surface area contributed by atoms with Gasteiger partial charge in [-0.2, -0.15) is 0 Å². The summed E-state index contributed by atoms with van der Waals surface area (Å²) < 4.78 is 10.5. The molecule has 0 radical (unpaired) electrons. The van der Waals surface area contributed by atoms with Crippen LogP contribution < -0.4 is 9.47 Å². The van der Waals surface area contributed by atoms with Crippen molar-refractivity contribution < 1.29 is 9.47 Å². The van der Waals surface area contributed by atoms with E-state index < -0.39 is 0 Å².